The van der Waals surface area contributed by atoms with Gasteiger partial charge < -0.3 is 4.74 Å². The summed E-state index contributed by atoms with van der Waals surface area (Å²) in [6.07, 6.45) is 1.49. The van der Waals surface area contributed by atoms with Gasteiger partial charge in [0, 0.05) is 23.1 Å². The molecule has 0 aromatic heterocycles. The van der Waals surface area contributed by atoms with Crippen LogP contribution in [0.5, 0.6) is 5.75 Å². The Morgan fingerprint density at radius 3 is 1.94 bits per heavy atom. The van der Waals surface area contributed by atoms with Crippen molar-refractivity contribution in [3.05, 3.63) is 125 Å². The van der Waals surface area contributed by atoms with Gasteiger partial charge in [-0.1, -0.05) is 75.3 Å². The van der Waals surface area contributed by atoms with Crippen LogP contribution in [-0.2, 0) is 12.8 Å². The predicted molar refractivity (Wildman–Crippen MR) is 125 cm³/mol. The Morgan fingerprint density at radius 2 is 1.32 bits per heavy atom. The van der Waals surface area contributed by atoms with Gasteiger partial charge in [0.15, 0.2) is 0 Å². The molecule has 0 fully saturated rings. The minimum atomic E-state index is -0.569. The zero-order valence-corrected chi connectivity index (χ0v) is 18.2. The molecule has 1 atom stereocenters. The van der Waals surface area contributed by atoms with Gasteiger partial charge in [-0.25, -0.2) is 8.78 Å². The molecule has 1 nitrogen and oxygen atoms in total. The Morgan fingerprint density at radius 1 is 0.677 bits per heavy atom. The molecule has 0 heterocycles. The minimum Gasteiger partial charge on any atom is -0.496 e. The average Bonchev–Trinajstić information content (AvgIpc) is 2.77. The SMILES string of the molecule is COc1c(Cc2ccccc2)cc(Cc2ccccc2)cc1Pc1ccc(F)cc1F. The maximum atomic E-state index is 14.4. The molecule has 0 amide bonds. The molecule has 0 spiro atoms. The molecule has 1 unspecified atom stereocenters. The lowest BCUT2D eigenvalue weighted by molar-refractivity contribution is 0.414. The van der Waals surface area contributed by atoms with E-state index < -0.39 is 11.6 Å². The molecule has 4 aromatic carbocycles. The monoisotopic (exact) mass is 432 g/mol. The molecule has 0 saturated heterocycles. The highest BCUT2D eigenvalue weighted by Crippen LogP contribution is 2.29. The van der Waals surface area contributed by atoms with E-state index in [0.717, 1.165) is 41.1 Å². The third-order valence-corrected chi connectivity index (χ3v) is 6.43. The minimum absolute atomic E-state index is 0.0251. The highest BCUT2D eigenvalue weighted by molar-refractivity contribution is 7.55. The van der Waals surface area contributed by atoms with E-state index in [0.29, 0.717) is 5.30 Å². The zero-order valence-electron chi connectivity index (χ0n) is 17.2. The molecule has 4 rings (SSSR count). The van der Waals surface area contributed by atoms with E-state index in [4.69, 9.17) is 4.74 Å². The van der Waals surface area contributed by atoms with Crippen LogP contribution < -0.4 is 15.3 Å². The number of benzene rings is 4. The number of methoxy groups -OCH3 is 1. The fraction of sp³-hybridized carbons (Fsp3) is 0.111. The highest BCUT2D eigenvalue weighted by atomic mass is 31.1. The fourth-order valence-corrected chi connectivity index (χ4v) is 4.99. The molecule has 31 heavy (non-hydrogen) atoms. The normalized spacial score (nSPS) is 11.2. The maximum Gasteiger partial charge on any atom is 0.133 e. The zero-order chi connectivity index (χ0) is 21.6. The van der Waals surface area contributed by atoms with Crippen LogP contribution >= 0.6 is 8.58 Å². The van der Waals surface area contributed by atoms with Crippen molar-refractivity contribution in [2.24, 2.45) is 0 Å². The van der Waals surface area contributed by atoms with Crippen LogP contribution in [0.1, 0.15) is 22.3 Å². The smallest absolute Gasteiger partial charge is 0.133 e. The van der Waals surface area contributed by atoms with Crippen molar-refractivity contribution >= 4 is 19.2 Å². The van der Waals surface area contributed by atoms with E-state index >= 15 is 0 Å². The number of rotatable bonds is 7. The van der Waals surface area contributed by atoms with Crippen LogP contribution in [0.2, 0.25) is 0 Å². The number of hydrogen-bond donors (Lipinski definition) is 0. The van der Waals surface area contributed by atoms with E-state index in [9.17, 15) is 8.78 Å². The van der Waals surface area contributed by atoms with Gasteiger partial charge in [-0.15, -0.1) is 0 Å². The summed E-state index contributed by atoms with van der Waals surface area (Å²) in [6, 6.07) is 28.5. The average molecular weight is 432 g/mol. The molecule has 4 aromatic rings. The maximum absolute atomic E-state index is 14.4. The topological polar surface area (TPSA) is 9.23 Å². The Labute approximate surface area is 183 Å². The summed E-state index contributed by atoms with van der Waals surface area (Å²) in [4.78, 5) is 0. The Balaban J connectivity index is 1.76. The van der Waals surface area contributed by atoms with Gasteiger partial charge in [0.1, 0.15) is 17.4 Å². The van der Waals surface area contributed by atoms with Crippen LogP contribution in [-0.4, -0.2) is 7.11 Å². The van der Waals surface area contributed by atoms with Crippen LogP contribution in [0.4, 0.5) is 8.78 Å². The lowest BCUT2D eigenvalue weighted by atomic mass is 9.98. The Hall–Kier alpha value is -3.03. The number of ether oxygens (including phenoxy) is 1. The first-order valence-electron chi connectivity index (χ1n) is 10.1. The van der Waals surface area contributed by atoms with E-state index in [-0.39, 0.29) is 8.58 Å². The fourth-order valence-electron chi connectivity index (χ4n) is 3.71. The van der Waals surface area contributed by atoms with E-state index in [1.54, 1.807) is 7.11 Å². The quantitative estimate of drug-likeness (QED) is 0.336. The summed E-state index contributed by atoms with van der Waals surface area (Å²) in [5.41, 5.74) is 4.59. The van der Waals surface area contributed by atoms with Gasteiger partial charge in [0.05, 0.1) is 7.11 Å². The predicted octanol–water partition coefficient (Wildman–Crippen LogP) is 5.78. The molecule has 0 aliphatic heterocycles. The van der Waals surface area contributed by atoms with Crippen molar-refractivity contribution in [2.45, 2.75) is 12.8 Å². The van der Waals surface area contributed by atoms with Gasteiger partial charge in [0.25, 0.3) is 0 Å². The first-order chi connectivity index (χ1) is 15.1. The van der Waals surface area contributed by atoms with Gasteiger partial charge in [-0.3, -0.25) is 0 Å². The molecule has 0 bridgehead atoms. The lowest BCUT2D eigenvalue weighted by Gasteiger charge is -2.17. The summed E-state index contributed by atoms with van der Waals surface area (Å²) in [5, 5.41) is 1.40. The standard InChI is InChI=1S/C27H23F2OP/c1-30-27-22(15-20-10-6-3-7-11-20)16-21(14-19-8-4-2-5-9-19)17-26(27)31-25-13-12-23(28)18-24(25)29/h2-13,16-18,31H,14-15H2,1H3. The summed E-state index contributed by atoms with van der Waals surface area (Å²) < 4.78 is 33.6. The second-order valence-corrected chi connectivity index (χ2v) is 8.74. The molecular weight excluding hydrogens is 409 g/mol. The molecule has 0 N–H and O–H groups in total. The van der Waals surface area contributed by atoms with Crippen LogP contribution in [0.3, 0.4) is 0 Å². The summed E-state index contributed by atoms with van der Waals surface area (Å²) >= 11 is 0. The summed E-state index contributed by atoms with van der Waals surface area (Å²) in [7, 11) is 1.67. The van der Waals surface area contributed by atoms with Crippen LogP contribution in [0.15, 0.2) is 91.0 Å². The van der Waals surface area contributed by atoms with Crippen LogP contribution in [0, 0.1) is 11.6 Å². The van der Waals surface area contributed by atoms with E-state index in [1.807, 2.05) is 36.4 Å². The molecule has 0 aliphatic carbocycles. The van der Waals surface area contributed by atoms with Crippen molar-refractivity contribution in [1.82, 2.24) is 0 Å². The molecule has 4 heteroatoms. The summed E-state index contributed by atoms with van der Waals surface area (Å²) in [6.45, 7) is 0. The molecular formula is C27H23F2OP. The molecule has 0 aliphatic rings. The molecule has 0 radical (unpaired) electrons. The summed E-state index contributed by atoms with van der Waals surface area (Å²) in [5.74, 6) is -0.332. The van der Waals surface area contributed by atoms with Gasteiger partial charge in [-0.05, 0) is 46.9 Å². The third kappa shape index (κ3) is 5.37. The van der Waals surface area contributed by atoms with E-state index in [2.05, 4.69) is 36.4 Å². The van der Waals surface area contributed by atoms with Crippen LogP contribution in [0.25, 0.3) is 0 Å². The van der Waals surface area contributed by atoms with Crippen molar-refractivity contribution in [2.75, 3.05) is 7.11 Å². The van der Waals surface area contributed by atoms with Crippen molar-refractivity contribution in [1.29, 1.82) is 0 Å². The van der Waals surface area contributed by atoms with Crippen molar-refractivity contribution in [3.63, 3.8) is 0 Å². The number of halogens is 2. The first-order valence-corrected chi connectivity index (χ1v) is 11.1. The number of hydrogen-bond acceptors (Lipinski definition) is 1. The van der Waals surface area contributed by atoms with Gasteiger partial charge in [-0.2, -0.15) is 0 Å². The molecule has 156 valence electrons. The first kappa shape index (κ1) is 21.2. The Bertz CT molecular complexity index is 1160. The van der Waals surface area contributed by atoms with Gasteiger partial charge >= 0.3 is 0 Å². The molecule has 0 saturated carbocycles. The van der Waals surface area contributed by atoms with Gasteiger partial charge in [0.2, 0.25) is 0 Å². The van der Waals surface area contributed by atoms with Crippen molar-refractivity contribution < 1.29 is 13.5 Å². The van der Waals surface area contributed by atoms with E-state index in [1.165, 1.54) is 23.3 Å². The third-order valence-electron chi connectivity index (χ3n) is 5.12. The second kappa shape index (κ2) is 9.85. The second-order valence-electron chi connectivity index (χ2n) is 7.41. The largest absolute Gasteiger partial charge is 0.496 e. The van der Waals surface area contributed by atoms with Crippen molar-refractivity contribution in [3.8, 4) is 5.75 Å². The lowest BCUT2D eigenvalue weighted by Crippen LogP contribution is -2.13. The highest BCUT2D eigenvalue weighted by Gasteiger charge is 2.15. The Kier molecular flexibility index (Phi) is 6.74.